The van der Waals surface area contributed by atoms with Gasteiger partial charge in [0.2, 0.25) is 0 Å². The van der Waals surface area contributed by atoms with Gasteiger partial charge in [0.25, 0.3) is 0 Å². The number of hydrogen-bond acceptors (Lipinski definition) is 3. The first-order valence-corrected chi connectivity index (χ1v) is 7.09. The Hall–Kier alpha value is -0.590. The van der Waals surface area contributed by atoms with E-state index in [2.05, 4.69) is 17.9 Å². The fourth-order valence-electron chi connectivity index (χ4n) is 2.73. The molecule has 0 aromatic rings. The first-order valence-electron chi connectivity index (χ1n) is 7.09. The van der Waals surface area contributed by atoms with Gasteiger partial charge in [0.1, 0.15) is 5.54 Å². The zero-order chi connectivity index (χ0) is 12.7. The van der Waals surface area contributed by atoms with Crippen LogP contribution >= 0.6 is 0 Å². The molecule has 2 N–H and O–H groups in total. The lowest BCUT2D eigenvalue weighted by Gasteiger charge is -2.35. The SMILES string of the molecule is CCC1CCCCN1CCCC(N)(C#N)CC. The average Bonchev–Trinajstić information content (AvgIpc) is 2.39. The van der Waals surface area contributed by atoms with Crippen LogP contribution in [0.3, 0.4) is 0 Å². The summed E-state index contributed by atoms with van der Waals surface area (Å²) < 4.78 is 0. The van der Waals surface area contributed by atoms with Crippen molar-refractivity contribution in [2.45, 2.75) is 70.4 Å². The van der Waals surface area contributed by atoms with Gasteiger partial charge in [0.05, 0.1) is 6.07 Å². The topological polar surface area (TPSA) is 53.0 Å². The van der Waals surface area contributed by atoms with Crippen LogP contribution in [0.1, 0.15) is 58.8 Å². The van der Waals surface area contributed by atoms with E-state index in [9.17, 15) is 0 Å². The number of rotatable bonds is 6. The lowest BCUT2D eigenvalue weighted by atomic mass is 9.92. The Morgan fingerprint density at radius 3 is 2.76 bits per heavy atom. The highest BCUT2D eigenvalue weighted by Gasteiger charge is 2.24. The van der Waals surface area contributed by atoms with Gasteiger partial charge in [-0.05, 0) is 51.6 Å². The monoisotopic (exact) mass is 237 g/mol. The number of nitrogens with zero attached hydrogens (tertiary/aromatic N) is 2. The zero-order valence-electron chi connectivity index (χ0n) is 11.4. The second-order valence-corrected chi connectivity index (χ2v) is 5.32. The highest BCUT2D eigenvalue weighted by atomic mass is 15.2. The van der Waals surface area contributed by atoms with E-state index in [1.807, 2.05) is 6.92 Å². The third-order valence-corrected chi connectivity index (χ3v) is 4.14. The molecule has 2 unspecified atom stereocenters. The summed E-state index contributed by atoms with van der Waals surface area (Å²) in [6.07, 6.45) is 7.93. The van der Waals surface area contributed by atoms with Crippen molar-refractivity contribution in [3.8, 4) is 6.07 Å². The molecule has 1 saturated heterocycles. The molecule has 0 amide bonds. The number of piperidine rings is 1. The second-order valence-electron chi connectivity index (χ2n) is 5.32. The van der Waals surface area contributed by atoms with E-state index in [-0.39, 0.29) is 0 Å². The summed E-state index contributed by atoms with van der Waals surface area (Å²) in [6.45, 7) is 6.62. The van der Waals surface area contributed by atoms with Gasteiger partial charge in [-0.1, -0.05) is 20.3 Å². The predicted molar refractivity (Wildman–Crippen MR) is 71.6 cm³/mol. The molecular formula is C14H27N3. The molecule has 3 nitrogen and oxygen atoms in total. The molecule has 1 fully saturated rings. The Balaban J connectivity index is 2.32. The second kappa shape index (κ2) is 6.98. The summed E-state index contributed by atoms with van der Waals surface area (Å²) in [6, 6.07) is 3.01. The average molecular weight is 237 g/mol. The largest absolute Gasteiger partial charge is 0.313 e. The molecule has 0 spiro atoms. The summed E-state index contributed by atoms with van der Waals surface area (Å²) >= 11 is 0. The van der Waals surface area contributed by atoms with Crippen molar-refractivity contribution in [1.29, 1.82) is 5.26 Å². The molecular weight excluding hydrogens is 210 g/mol. The van der Waals surface area contributed by atoms with Crippen molar-refractivity contribution in [3.63, 3.8) is 0 Å². The Labute approximate surface area is 106 Å². The van der Waals surface area contributed by atoms with Crippen molar-refractivity contribution in [2.75, 3.05) is 13.1 Å². The molecule has 0 radical (unpaired) electrons. The maximum Gasteiger partial charge on any atom is 0.104 e. The normalized spacial score (nSPS) is 25.2. The molecule has 98 valence electrons. The van der Waals surface area contributed by atoms with Crippen molar-refractivity contribution >= 4 is 0 Å². The summed E-state index contributed by atoms with van der Waals surface area (Å²) in [5.74, 6) is 0. The minimum absolute atomic E-state index is 0.600. The van der Waals surface area contributed by atoms with Crippen LogP contribution in [0.4, 0.5) is 0 Å². The molecule has 3 heteroatoms. The molecule has 17 heavy (non-hydrogen) atoms. The smallest absolute Gasteiger partial charge is 0.104 e. The van der Waals surface area contributed by atoms with E-state index < -0.39 is 5.54 Å². The summed E-state index contributed by atoms with van der Waals surface area (Å²) in [4.78, 5) is 2.59. The molecule has 0 aliphatic carbocycles. The third-order valence-electron chi connectivity index (χ3n) is 4.14. The molecule has 0 aromatic carbocycles. The van der Waals surface area contributed by atoms with Crippen LogP contribution in [0, 0.1) is 11.3 Å². The first-order chi connectivity index (χ1) is 8.15. The van der Waals surface area contributed by atoms with Crippen LogP contribution in [0.2, 0.25) is 0 Å². The van der Waals surface area contributed by atoms with Gasteiger partial charge in [-0.2, -0.15) is 5.26 Å². The number of nitrogens with two attached hydrogens (primary N) is 1. The molecule has 0 saturated carbocycles. The maximum absolute atomic E-state index is 9.03. The van der Waals surface area contributed by atoms with Crippen molar-refractivity contribution in [2.24, 2.45) is 5.73 Å². The maximum atomic E-state index is 9.03. The Morgan fingerprint density at radius 2 is 2.18 bits per heavy atom. The highest BCUT2D eigenvalue weighted by molar-refractivity contribution is 5.03. The molecule has 2 atom stereocenters. The van der Waals surface area contributed by atoms with Gasteiger partial charge < -0.3 is 10.6 Å². The van der Waals surface area contributed by atoms with Crippen molar-refractivity contribution in [3.05, 3.63) is 0 Å². The van der Waals surface area contributed by atoms with Gasteiger partial charge in [-0.25, -0.2) is 0 Å². The van der Waals surface area contributed by atoms with Crippen LogP contribution in [0.15, 0.2) is 0 Å². The van der Waals surface area contributed by atoms with E-state index in [1.165, 1.54) is 32.2 Å². The Bertz CT molecular complexity index is 259. The zero-order valence-corrected chi connectivity index (χ0v) is 11.4. The van der Waals surface area contributed by atoms with Crippen LogP contribution in [0.25, 0.3) is 0 Å². The molecule has 0 aromatic heterocycles. The Kier molecular flexibility index (Phi) is 5.94. The first kappa shape index (κ1) is 14.5. The molecule has 1 aliphatic heterocycles. The van der Waals surface area contributed by atoms with Crippen LogP contribution in [-0.4, -0.2) is 29.6 Å². The lowest BCUT2D eigenvalue weighted by Crippen LogP contribution is -2.42. The van der Waals surface area contributed by atoms with Crippen LogP contribution < -0.4 is 5.73 Å². The van der Waals surface area contributed by atoms with Crippen molar-refractivity contribution < 1.29 is 0 Å². The van der Waals surface area contributed by atoms with Gasteiger partial charge >= 0.3 is 0 Å². The van der Waals surface area contributed by atoms with E-state index in [0.717, 1.165) is 31.8 Å². The standard InChI is InChI=1S/C14H27N3/c1-3-13-8-5-6-10-17(13)11-7-9-14(16,4-2)12-15/h13H,3-11,16H2,1-2H3. The quantitative estimate of drug-likeness (QED) is 0.772. The van der Waals surface area contributed by atoms with E-state index in [1.54, 1.807) is 0 Å². The molecule has 0 bridgehead atoms. The number of nitriles is 1. The van der Waals surface area contributed by atoms with E-state index in [4.69, 9.17) is 11.0 Å². The number of likely N-dealkylation sites (tertiary alicyclic amines) is 1. The van der Waals surface area contributed by atoms with Gasteiger partial charge in [-0.3, -0.25) is 0 Å². The predicted octanol–water partition coefficient (Wildman–Crippen LogP) is 2.66. The minimum atomic E-state index is -0.600. The summed E-state index contributed by atoms with van der Waals surface area (Å²) in [7, 11) is 0. The van der Waals surface area contributed by atoms with E-state index >= 15 is 0 Å². The van der Waals surface area contributed by atoms with Crippen LogP contribution in [0.5, 0.6) is 0 Å². The van der Waals surface area contributed by atoms with Crippen molar-refractivity contribution in [1.82, 2.24) is 4.90 Å². The third kappa shape index (κ3) is 4.29. The molecule has 1 heterocycles. The summed E-state index contributed by atoms with van der Waals surface area (Å²) in [5.41, 5.74) is 5.40. The lowest BCUT2D eigenvalue weighted by molar-refractivity contribution is 0.139. The van der Waals surface area contributed by atoms with Gasteiger partial charge in [0.15, 0.2) is 0 Å². The molecule has 1 aliphatic rings. The highest BCUT2D eigenvalue weighted by Crippen LogP contribution is 2.21. The fourth-order valence-corrected chi connectivity index (χ4v) is 2.73. The fraction of sp³-hybridized carbons (Fsp3) is 0.929. The molecule has 1 rings (SSSR count). The summed E-state index contributed by atoms with van der Waals surface area (Å²) in [5, 5.41) is 9.03. The number of hydrogen-bond donors (Lipinski definition) is 1. The Morgan fingerprint density at radius 1 is 1.41 bits per heavy atom. The minimum Gasteiger partial charge on any atom is -0.313 e. The van der Waals surface area contributed by atoms with E-state index in [0.29, 0.717) is 0 Å². The van der Waals surface area contributed by atoms with Crippen LogP contribution in [-0.2, 0) is 0 Å². The van der Waals surface area contributed by atoms with Gasteiger partial charge in [-0.15, -0.1) is 0 Å². The van der Waals surface area contributed by atoms with Gasteiger partial charge in [0, 0.05) is 6.04 Å².